The molecule has 3 aromatic heterocycles. The quantitative estimate of drug-likeness (QED) is 0.265. The third kappa shape index (κ3) is 4.65. The predicted molar refractivity (Wildman–Crippen MR) is 141 cm³/mol. The zero-order chi connectivity index (χ0) is 26.6. The van der Waals surface area contributed by atoms with Crippen LogP contribution in [0.15, 0.2) is 48.9 Å². The first-order valence-electron chi connectivity index (χ1n) is 13.2. The van der Waals surface area contributed by atoms with Crippen molar-refractivity contribution in [1.29, 1.82) is 0 Å². The molecule has 10 heteroatoms. The third-order valence-corrected chi connectivity index (χ3v) is 7.67. The molecular weight excluding hydrogens is 484 g/mol. The predicted octanol–water partition coefficient (Wildman–Crippen LogP) is 3.69. The van der Waals surface area contributed by atoms with Crippen LogP contribution in [-0.2, 0) is 5.60 Å². The van der Waals surface area contributed by atoms with E-state index in [2.05, 4.69) is 10.4 Å². The van der Waals surface area contributed by atoms with Gasteiger partial charge in [-0.15, -0.1) is 0 Å². The highest BCUT2D eigenvalue weighted by molar-refractivity contribution is 6.04. The molecule has 0 bridgehead atoms. The molecule has 1 aromatic carbocycles. The molecule has 0 spiro atoms. The molecule has 6 rings (SSSR count). The first kappa shape index (κ1) is 24.6. The van der Waals surface area contributed by atoms with Crippen molar-refractivity contribution >= 4 is 22.5 Å². The van der Waals surface area contributed by atoms with Gasteiger partial charge >= 0.3 is 5.91 Å². The Hall–Kier alpha value is -3.76. The molecule has 3 N–H and O–H groups in total. The summed E-state index contributed by atoms with van der Waals surface area (Å²) in [5.41, 5.74) is 1.97. The Morgan fingerprint density at radius 1 is 1.13 bits per heavy atom. The van der Waals surface area contributed by atoms with E-state index in [1.165, 1.54) is 6.07 Å². The molecule has 198 valence electrons. The standard InChI is InChI=1S/C28H32N6O4/c1-28(2,37)19-14-29-33(16-19)26-13-22-18(15-32(31-22)20-8-10-21(35)11-9-20)12-23(26)30-27(36)25-5-3-4-24(34(25)38)17-6-7-17/h3-5,12-17,20-21,35,37H,6-11H2,1-2H3,(H,30,36). The summed E-state index contributed by atoms with van der Waals surface area (Å²) in [6.07, 6.45) is 10.1. The van der Waals surface area contributed by atoms with Gasteiger partial charge in [-0.1, -0.05) is 0 Å². The zero-order valence-electron chi connectivity index (χ0n) is 21.5. The SMILES string of the molecule is CC(C)(O)c1cnn(-c2cc3nn(C4CCC(O)CC4)cc3cc2NC(=O)c2cccc(C3CC3)[n+]2[O-])c1. The van der Waals surface area contributed by atoms with Gasteiger partial charge in [-0.05, 0) is 70.6 Å². The van der Waals surface area contributed by atoms with Crippen molar-refractivity contribution in [2.45, 2.75) is 76.0 Å². The van der Waals surface area contributed by atoms with E-state index in [4.69, 9.17) is 5.10 Å². The van der Waals surface area contributed by atoms with Gasteiger partial charge in [0.25, 0.3) is 5.69 Å². The van der Waals surface area contributed by atoms with E-state index in [0.717, 1.165) is 54.2 Å². The van der Waals surface area contributed by atoms with Crippen molar-refractivity contribution in [3.8, 4) is 5.69 Å². The topological polar surface area (TPSA) is 132 Å². The van der Waals surface area contributed by atoms with E-state index in [1.807, 2.05) is 23.0 Å². The number of rotatable bonds is 6. The molecule has 0 saturated heterocycles. The molecule has 2 saturated carbocycles. The van der Waals surface area contributed by atoms with Crippen molar-refractivity contribution < 1.29 is 19.7 Å². The maximum atomic E-state index is 13.4. The lowest BCUT2D eigenvalue weighted by Gasteiger charge is -2.25. The number of pyridine rings is 1. The van der Waals surface area contributed by atoms with Crippen molar-refractivity contribution in [2.75, 3.05) is 5.32 Å². The summed E-state index contributed by atoms with van der Waals surface area (Å²) in [4.78, 5) is 13.4. The molecule has 2 aliphatic carbocycles. The number of benzene rings is 1. The zero-order valence-corrected chi connectivity index (χ0v) is 21.5. The second-order valence-electron chi connectivity index (χ2n) is 11.1. The number of fused-ring (bicyclic) bond motifs is 1. The highest BCUT2D eigenvalue weighted by atomic mass is 16.5. The lowest BCUT2D eigenvalue weighted by atomic mass is 9.93. The summed E-state index contributed by atoms with van der Waals surface area (Å²) in [5, 5.41) is 46.3. The Labute approximate surface area is 220 Å². The Bertz CT molecular complexity index is 1510. The number of hydrogen-bond donors (Lipinski definition) is 3. The number of carbonyl (C=O) groups is 1. The highest BCUT2D eigenvalue weighted by Gasteiger charge is 2.33. The van der Waals surface area contributed by atoms with Crippen LogP contribution in [0.1, 0.15) is 86.1 Å². The van der Waals surface area contributed by atoms with Gasteiger partial charge in [-0.3, -0.25) is 9.48 Å². The van der Waals surface area contributed by atoms with Gasteiger partial charge in [0.2, 0.25) is 0 Å². The molecule has 1 amide bonds. The summed E-state index contributed by atoms with van der Waals surface area (Å²) >= 11 is 0. The minimum absolute atomic E-state index is 0.0366. The average molecular weight is 517 g/mol. The van der Waals surface area contributed by atoms with Crippen LogP contribution in [0.4, 0.5) is 5.69 Å². The Morgan fingerprint density at radius 3 is 2.58 bits per heavy atom. The average Bonchev–Trinajstić information content (AvgIpc) is 3.42. The number of aliphatic hydroxyl groups excluding tert-OH is 1. The molecule has 0 unspecified atom stereocenters. The number of aliphatic hydroxyl groups is 2. The van der Waals surface area contributed by atoms with Gasteiger partial charge in [-0.25, -0.2) is 4.68 Å². The normalized spacial score (nSPS) is 20.1. The van der Waals surface area contributed by atoms with Gasteiger partial charge in [-0.2, -0.15) is 14.9 Å². The Kier molecular flexibility index (Phi) is 5.96. The van der Waals surface area contributed by atoms with Crippen molar-refractivity contribution in [3.63, 3.8) is 0 Å². The lowest BCUT2D eigenvalue weighted by molar-refractivity contribution is -0.616. The maximum absolute atomic E-state index is 13.4. The Morgan fingerprint density at radius 2 is 1.89 bits per heavy atom. The second-order valence-corrected chi connectivity index (χ2v) is 11.1. The fraction of sp³-hybridized carbons (Fsp3) is 0.429. The minimum Gasteiger partial charge on any atom is -0.618 e. The number of aromatic nitrogens is 5. The van der Waals surface area contributed by atoms with E-state index in [0.29, 0.717) is 22.6 Å². The van der Waals surface area contributed by atoms with Crippen LogP contribution in [0.3, 0.4) is 0 Å². The van der Waals surface area contributed by atoms with Crippen molar-refractivity contribution in [1.82, 2.24) is 19.6 Å². The molecule has 38 heavy (non-hydrogen) atoms. The van der Waals surface area contributed by atoms with Crippen LogP contribution in [0.5, 0.6) is 0 Å². The number of anilines is 1. The molecule has 0 radical (unpaired) electrons. The minimum atomic E-state index is -1.09. The van der Waals surface area contributed by atoms with Gasteiger partial charge in [0.1, 0.15) is 0 Å². The molecule has 2 fully saturated rings. The van der Waals surface area contributed by atoms with Gasteiger partial charge in [0.05, 0.1) is 40.8 Å². The lowest BCUT2D eigenvalue weighted by Crippen LogP contribution is -2.40. The fourth-order valence-corrected chi connectivity index (χ4v) is 5.20. The van der Waals surface area contributed by atoms with Gasteiger partial charge < -0.3 is 20.7 Å². The maximum Gasteiger partial charge on any atom is 0.321 e. The third-order valence-electron chi connectivity index (χ3n) is 7.67. The van der Waals surface area contributed by atoms with Crippen LogP contribution in [0.2, 0.25) is 0 Å². The van der Waals surface area contributed by atoms with Crippen molar-refractivity contribution in [2.24, 2.45) is 0 Å². The molecule has 3 heterocycles. The molecule has 0 aliphatic heterocycles. The van der Waals surface area contributed by atoms with Crippen LogP contribution in [0.25, 0.3) is 16.6 Å². The van der Waals surface area contributed by atoms with Gasteiger partial charge in [0, 0.05) is 41.4 Å². The Balaban J connectivity index is 1.40. The first-order chi connectivity index (χ1) is 18.2. The van der Waals surface area contributed by atoms with E-state index in [1.54, 1.807) is 43.1 Å². The van der Waals surface area contributed by atoms with Crippen LogP contribution in [0, 0.1) is 5.21 Å². The number of amides is 1. The fourth-order valence-electron chi connectivity index (χ4n) is 5.20. The largest absolute Gasteiger partial charge is 0.618 e. The summed E-state index contributed by atoms with van der Waals surface area (Å²) in [5.74, 6) is -0.296. The van der Waals surface area contributed by atoms with Gasteiger partial charge in [0.15, 0.2) is 5.69 Å². The molecule has 2 aliphatic rings. The van der Waals surface area contributed by atoms with Crippen molar-refractivity contribution in [3.05, 3.63) is 71.1 Å². The number of hydrogen-bond acceptors (Lipinski definition) is 6. The van der Waals surface area contributed by atoms with E-state index in [-0.39, 0.29) is 23.8 Å². The van der Waals surface area contributed by atoms with Crippen LogP contribution >= 0.6 is 0 Å². The van der Waals surface area contributed by atoms with E-state index < -0.39 is 11.5 Å². The smallest absolute Gasteiger partial charge is 0.321 e. The summed E-state index contributed by atoms with van der Waals surface area (Å²) in [6, 6.07) is 8.95. The van der Waals surface area contributed by atoms with Crippen LogP contribution < -0.4 is 10.0 Å². The summed E-state index contributed by atoms with van der Waals surface area (Å²) < 4.78 is 4.28. The molecular formula is C28H32N6O4. The number of nitrogens with zero attached hydrogens (tertiary/aromatic N) is 5. The first-order valence-corrected chi connectivity index (χ1v) is 13.2. The van der Waals surface area contributed by atoms with Crippen LogP contribution in [-0.4, -0.2) is 41.8 Å². The summed E-state index contributed by atoms with van der Waals surface area (Å²) in [7, 11) is 0. The molecule has 10 nitrogen and oxygen atoms in total. The van der Waals surface area contributed by atoms with E-state index in [9.17, 15) is 20.2 Å². The highest BCUT2D eigenvalue weighted by Crippen LogP contribution is 2.38. The summed E-state index contributed by atoms with van der Waals surface area (Å²) in [6.45, 7) is 3.37. The number of nitrogens with one attached hydrogen (secondary N) is 1. The number of carbonyl (C=O) groups excluding carboxylic acids is 1. The van der Waals surface area contributed by atoms with E-state index >= 15 is 0 Å². The molecule has 0 atom stereocenters. The second kappa shape index (κ2) is 9.21. The molecule has 4 aromatic rings. The monoisotopic (exact) mass is 516 g/mol.